The number of aromatic nitrogens is 2. The minimum atomic E-state index is 0.109. The van der Waals surface area contributed by atoms with Gasteiger partial charge in [-0.05, 0) is 55.9 Å². The minimum Gasteiger partial charge on any atom is -0.395 e. The number of hydrogen-bond acceptors (Lipinski definition) is 4. The molecule has 2 heterocycles. The van der Waals surface area contributed by atoms with Crippen molar-refractivity contribution in [2.45, 2.75) is 44.6 Å². The van der Waals surface area contributed by atoms with Crippen molar-refractivity contribution in [2.24, 2.45) is 5.92 Å². The lowest BCUT2D eigenvalue weighted by atomic mass is 9.85. The maximum absolute atomic E-state index is 12.9. The summed E-state index contributed by atoms with van der Waals surface area (Å²) in [5.74, 6) is 2.59. The number of nitrogens with zero attached hydrogens (tertiary/aromatic N) is 4. The van der Waals surface area contributed by atoms with E-state index in [2.05, 4.69) is 15.7 Å². The fraction of sp³-hybridized carbons (Fsp3) is 0.565. The molecule has 0 bridgehead atoms. The van der Waals surface area contributed by atoms with Crippen LogP contribution in [0.2, 0.25) is 0 Å². The standard InChI is InChI=1S/C23H32N4O2/c1-25(15-16-28)21-7-5-20(6-8-21)23(29)26-12-9-19(10-13-26)22-24-11-14-27(22)17-18-3-2-4-18/h5-8,11,14,18-19,28H,2-4,9-10,12-13,15-17H2,1H3. The zero-order chi connectivity index (χ0) is 20.2. The summed E-state index contributed by atoms with van der Waals surface area (Å²) < 4.78 is 2.35. The van der Waals surface area contributed by atoms with Gasteiger partial charge in [-0.3, -0.25) is 4.79 Å². The normalized spacial score (nSPS) is 17.9. The Morgan fingerprint density at radius 1 is 1.17 bits per heavy atom. The van der Waals surface area contributed by atoms with Crippen molar-refractivity contribution in [1.29, 1.82) is 0 Å². The van der Waals surface area contributed by atoms with Crippen molar-refractivity contribution in [3.8, 4) is 0 Å². The summed E-state index contributed by atoms with van der Waals surface area (Å²) in [6, 6.07) is 7.69. The Morgan fingerprint density at radius 2 is 1.90 bits per heavy atom. The number of imidazole rings is 1. The zero-order valence-electron chi connectivity index (χ0n) is 17.3. The molecule has 1 saturated heterocycles. The van der Waals surface area contributed by atoms with Gasteiger partial charge in [0.15, 0.2) is 0 Å². The molecule has 1 N–H and O–H groups in total. The van der Waals surface area contributed by atoms with Gasteiger partial charge < -0.3 is 19.5 Å². The van der Waals surface area contributed by atoms with Crippen molar-refractivity contribution >= 4 is 11.6 Å². The molecule has 29 heavy (non-hydrogen) atoms. The van der Waals surface area contributed by atoms with Crippen molar-refractivity contribution in [1.82, 2.24) is 14.5 Å². The third kappa shape index (κ3) is 4.47. The molecule has 4 rings (SSSR count). The van der Waals surface area contributed by atoms with Gasteiger partial charge in [0.25, 0.3) is 5.91 Å². The number of anilines is 1. The molecule has 0 unspecified atom stereocenters. The number of carbonyl (C=O) groups is 1. The van der Waals surface area contributed by atoms with Crippen LogP contribution in [0.4, 0.5) is 5.69 Å². The van der Waals surface area contributed by atoms with Crippen molar-refractivity contribution < 1.29 is 9.90 Å². The van der Waals surface area contributed by atoms with Gasteiger partial charge in [0.2, 0.25) is 0 Å². The van der Waals surface area contributed by atoms with Crippen LogP contribution in [0.1, 0.15) is 54.2 Å². The maximum atomic E-state index is 12.9. The monoisotopic (exact) mass is 396 g/mol. The number of amides is 1. The molecule has 1 aromatic heterocycles. The number of rotatable bonds is 7. The van der Waals surface area contributed by atoms with E-state index in [0.29, 0.717) is 12.5 Å². The van der Waals surface area contributed by atoms with Crippen LogP contribution < -0.4 is 4.90 Å². The molecule has 2 aliphatic rings. The third-order valence-corrected chi connectivity index (χ3v) is 6.57. The summed E-state index contributed by atoms with van der Waals surface area (Å²) in [4.78, 5) is 21.5. The van der Waals surface area contributed by atoms with E-state index in [1.54, 1.807) is 0 Å². The van der Waals surface area contributed by atoms with Crippen LogP contribution in [0.15, 0.2) is 36.7 Å². The molecule has 1 aliphatic carbocycles. The first-order valence-electron chi connectivity index (χ1n) is 10.9. The molecule has 2 fully saturated rings. The topological polar surface area (TPSA) is 61.6 Å². The van der Waals surface area contributed by atoms with Gasteiger partial charge in [-0.15, -0.1) is 0 Å². The second-order valence-corrected chi connectivity index (χ2v) is 8.49. The highest BCUT2D eigenvalue weighted by Gasteiger charge is 2.28. The molecule has 0 radical (unpaired) electrons. The highest BCUT2D eigenvalue weighted by molar-refractivity contribution is 5.94. The van der Waals surface area contributed by atoms with Gasteiger partial charge >= 0.3 is 0 Å². The molecule has 0 atom stereocenters. The lowest BCUT2D eigenvalue weighted by Crippen LogP contribution is -2.38. The number of benzene rings is 1. The molecular weight excluding hydrogens is 364 g/mol. The Balaban J connectivity index is 1.33. The molecule has 1 aromatic carbocycles. The Hall–Kier alpha value is -2.34. The van der Waals surface area contributed by atoms with Crippen LogP contribution in [0.3, 0.4) is 0 Å². The van der Waals surface area contributed by atoms with Gasteiger partial charge in [0, 0.05) is 62.8 Å². The number of likely N-dealkylation sites (tertiary alicyclic amines) is 1. The highest BCUT2D eigenvalue weighted by atomic mass is 16.3. The van der Waals surface area contributed by atoms with Crippen LogP contribution in [0.5, 0.6) is 0 Å². The lowest BCUT2D eigenvalue weighted by Gasteiger charge is -2.33. The van der Waals surface area contributed by atoms with E-state index in [9.17, 15) is 4.79 Å². The fourth-order valence-corrected chi connectivity index (χ4v) is 4.45. The summed E-state index contributed by atoms with van der Waals surface area (Å²) in [5, 5.41) is 9.07. The molecule has 1 amide bonds. The van der Waals surface area contributed by atoms with Gasteiger partial charge in [-0.25, -0.2) is 4.98 Å². The number of aliphatic hydroxyl groups excluding tert-OH is 1. The van der Waals surface area contributed by atoms with E-state index in [-0.39, 0.29) is 12.5 Å². The van der Waals surface area contributed by atoms with E-state index in [1.807, 2.05) is 47.3 Å². The SMILES string of the molecule is CN(CCO)c1ccc(C(=O)N2CCC(c3nccn3CC3CCC3)CC2)cc1. The Bertz CT molecular complexity index is 805. The molecule has 2 aromatic rings. The van der Waals surface area contributed by atoms with Crippen LogP contribution in [0.25, 0.3) is 0 Å². The second kappa shape index (κ2) is 8.99. The maximum Gasteiger partial charge on any atom is 0.253 e. The largest absolute Gasteiger partial charge is 0.395 e. The van der Waals surface area contributed by atoms with Gasteiger partial charge in [0.05, 0.1) is 6.61 Å². The average Bonchev–Trinajstić information content (AvgIpc) is 3.19. The average molecular weight is 397 g/mol. The van der Waals surface area contributed by atoms with Crippen molar-refractivity contribution in [3.63, 3.8) is 0 Å². The fourth-order valence-electron chi connectivity index (χ4n) is 4.45. The first-order chi connectivity index (χ1) is 14.2. The summed E-state index contributed by atoms with van der Waals surface area (Å²) in [6.07, 6.45) is 10.1. The van der Waals surface area contributed by atoms with E-state index in [0.717, 1.165) is 49.6 Å². The summed E-state index contributed by atoms with van der Waals surface area (Å²) in [7, 11) is 1.94. The van der Waals surface area contributed by atoms with Crippen molar-refractivity contribution in [3.05, 3.63) is 48.0 Å². The van der Waals surface area contributed by atoms with E-state index in [4.69, 9.17) is 5.11 Å². The molecule has 156 valence electrons. The minimum absolute atomic E-state index is 0.109. The lowest BCUT2D eigenvalue weighted by molar-refractivity contribution is 0.0710. The van der Waals surface area contributed by atoms with Gasteiger partial charge in [-0.2, -0.15) is 0 Å². The summed E-state index contributed by atoms with van der Waals surface area (Å²) >= 11 is 0. The van der Waals surface area contributed by atoms with Crippen LogP contribution in [-0.4, -0.2) is 58.8 Å². The Labute approximate surface area is 173 Å². The van der Waals surface area contributed by atoms with Crippen LogP contribution in [0, 0.1) is 5.92 Å². The predicted octanol–water partition coefficient (Wildman–Crippen LogP) is 3.13. The number of aliphatic hydroxyl groups is 1. The molecule has 1 saturated carbocycles. The van der Waals surface area contributed by atoms with E-state index >= 15 is 0 Å². The first-order valence-corrected chi connectivity index (χ1v) is 10.9. The quantitative estimate of drug-likeness (QED) is 0.781. The van der Waals surface area contributed by atoms with Crippen molar-refractivity contribution in [2.75, 3.05) is 38.2 Å². The zero-order valence-corrected chi connectivity index (χ0v) is 17.3. The van der Waals surface area contributed by atoms with E-state index in [1.165, 1.54) is 25.1 Å². The summed E-state index contributed by atoms with van der Waals surface area (Å²) in [6.45, 7) is 3.37. The molecule has 0 spiro atoms. The number of piperidine rings is 1. The number of hydrogen-bond donors (Lipinski definition) is 1. The van der Waals surface area contributed by atoms with E-state index < -0.39 is 0 Å². The molecular formula is C23H32N4O2. The smallest absolute Gasteiger partial charge is 0.253 e. The molecule has 6 heteroatoms. The molecule has 1 aliphatic heterocycles. The number of carbonyl (C=O) groups excluding carboxylic acids is 1. The third-order valence-electron chi connectivity index (χ3n) is 6.57. The first kappa shape index (κ1) is 20.0. The predicted molar refractivity (Wildman–Crippen MR) is 114 cm³/mol. The van der Waals surface area contributed by atoms with Crippen LogP contribution in [-0.2, 0) is 6.54 Å². The highest BCUT2D eigenvalue weighted by Crippen LogP contribution is 2.32. The Kier molecular flexibility index (Phi) is 6.19. The number of likely N-dealkylation sites (N-methyl/N-ethyl adjacent to an activating group) is 1. The molecule has 6 nitrogen and oxygen atoms in total. The van der Waals surface area contributed by atoms with Crippen LogP contribution >= 0.6 is 0 Å². The second-order valence-electron chi connectivity index (χ2n) is 8.49. The van der Waals surface area contributed by atoms with Gasteiger partial charge in [0.1, 0.15) is 5.82 Å². The summed E-state index contributed by atoms with van der Waals surface area (Å²) in [5.41, 5.74) is 1.74. The Morgan fingerprint density at radius 3 is 2.52 bits per heavy atom. The van der Waals surface area contributed by atoms with Gasteiger partial charge in [-0.1, -0.05) is 6.42 Å².